The van der Waals surface area contributed by atoms with E-state index in [1.54, 1.807) is 17.9 Å². The molecule has 2 aromatic heterocycles. The first kappa shape index (κ1) is 13.7. The molecule has 0 unspecified atom stereocenters. The molecule has 7 nitrogen and oxygen atoms in total. The Bertz CT molecular complexity index is 587. The van der Waals surface area contributed by atoms with E-state index >= 15 is 0 Å². The van der Waals surface area contributed by atoms with Gasteiger partial charge in [0, 0.05) is 13.6 Å². The van der Waals surface area contributed by atoms with E-state index in [1.165, 1.54) is 4.68 Å². The van der Waals surface area contributed by atoms with Crippen LogP contribution in [0.2, 0.25) is 0 Å². The fraction of sp³-hybridized carbons (Fsp3) is 0.667. The molecule has 0 aliphatic heterocycles. The molecule has 0 aliphatic rings. The van der Waals surface area contributed by atoms with Crippen LogP contribution >= 0.6 is 0 Å². The summed E-state index contributed by atoms with van der Waals surface area (Å²) in [5.74, 6) is 0. The summed E-state index contributed by atoms with van der Waals surface area (Å²) >= 11 is 0. The van der Waals surface area contributed by atoms with Gasteiger partial charge in [-0.2, -0.15) is 5.10 Å². The molecule has 0 aromatic carbocycles. The fourth-order valence-corrected chi connectivity index (χ4v) is 1.94. The van der Waals surface area contributed by atoms with Crippen molar-refractivity contribution in [2.75, 3.05) is 13.1 Å². The minimum atomic E-state index is -0.111. The molecule has 104 valence electrons. The first-order valence-corrected chi connectivity index (χ1v) is 6.70. The standard InChI is InChI=1S/C12H20N6O/c1-3-6-13-7-4-5-8-18-12(19)10-9-14-17(2)11(10)15-16-18/h9,13H,3-8H2,1-2H3. The quantitative estimate of drug-likeness (QED) is 0.728. The number of fused-ring (bicyclic) bond motifs is 1. The van der Waals surface area contributed by atoms with Crippen molar-refractivity contribution in [3.05, 3.63) is 16.6 Å². The van der Waals surface area contributed by atoms with Gasteiger partial charge in [-0.15, -0.1) is 5.10 Å². The number of aromatic nitrogens is 5. The van der Waals surface area contributed by atoms with Crippen LogP contribution in [-0.2, 0) is 13.6 Å². The van der Waals surface area contributed by atoms with Gasteiger partial charge in [-0.05, 0) is 32.4 Å². The minimum Gasteiger partial charge on any atom is -0.317 e. The Morgan fingerprint density at radius 1 is 1.32 bits per heavy atom. The Morgan fingerprint density at radius 2 is 2.16 bits per heavy atom. The SMILES string of the molecule is CCCNCCCCn1nnc2c(cnn2C)c1=O. The highest BCUT2D eigenvalue weighted by atomic mass is 16.1. The van der Waals surface area contributed by atoms with Crippen molar-refractivity contribution in [2.45, 2.75) is 32.7 Å². The topological polar surface area (TPSA) is 77.6 Å². The Hall–Kier alpha value is -1.76. The van der Waals surface area contributed by atoms with Crippen LogP contribution in [0, 0.1) is 0 Å². The maximum absolute atomic E-state index is 12.1. The van der Waals surface area contributed by atoms with Gasteiger partial charge in [-0.3, -0.25) is 4.79 Å². The first-order valence-electron chi connectivity index (χ1n) is 6.70. The van der Waals surface area contributed by atoms with Crippen molar-refractivity contribution in [2.24, 2.45) is 7.05 Å². The summed E-state index contributed by atoms with van der Waals surface area (Å²) < 4.78 is 2.98. The number of nitrogens with one attached hydrogen (secondary N) is 1. The number of aryl methyl sites for hydroxylation is 2. The molecule has 1 N–H and O–H groups in total. The zero-order valence-electron chi connectivity index (χ0n) is 11.5. The lowest BCUT2D eigenvalue weighted by Gasteiger charge is -2.04. The van der Waals surface area contributed by atoms with E-state index in [9.17, 15) is 4.79 Å². The zero-order chi connectivity index (χ0) is 13.7. The molecule has 7 heteroatoms. The Labute approximate surface area is 111 Å². The van der Waals surface area contributed by atoms with Gasteiger partial charge in [0.2, 0.25) is 0 Å². The Balaban J connectivity index is 1.94. The van der Waals surface area contributed by atoms with Gasteiger partial charge >= 0.3 is 0 Å². The number of nitrogens with zero attached hydrogens (tertiary/aromatic N) is 5. The van der Waals surface area contributed by atoms with Crippen LogP contribution in [0.25, 0.3) is 11.0 Å². The molecule has 0 amide bonds. The average Bonchev–Trinajstić information content (AvgIpc) is 2.78. The Morgan fingerprint density at radius 3 is 2.95 bits per heavy atom. The summed E-state index contributed by atoms with van der Waals surface area (Å²) in [7, 11) is 1.75. The van der Waals surface area contributed by atoms with Gasteiger partial charge in [0.1, 0.15) is 5.39 Å². The molecule has 0 saturated heterocycles. The molecule has 0 fully saturated rings. The predicted octanol–water partition coefficient (Wildman–Crippen LogP) is 0.305. The maximum atomic E-state index is 12.1. The third-order valence-corrected chi connectivity index (χ3v) is 3.02. The highest BCUT2D eigenvalue weighted by molar-refractivity contribution is 5.72. The second-order valence-electron chi connectivity index (χ2n) is 4.58. The highest BCUT2D eigenvalue weighted by Gasteiger charge is 2.08. The lowest BCUT2D eigenvalue weighted by atomic mass is 10.3. The molecular formula is C12H20N6O. The lowest BCUT2D eigenvalue weighted by molar-refractivity contribution is 0.498. The molecule has 2 aromatic rings. The van der Waals surface area contributed by atoms with E-state index in [0.29, 0.717) is 17.6 Å². The number of unbranched alkanes of at least 4 members (excludes halogenated alkanes) is 1. The van der Waals surface area contributed by atoms with Crippen molar-refractivity contribution in [1.29, 1.82) is 0 Å². The van der Waals surface area contributed by atoms with Crippen molar-refractivity contribution in [3.63, 3.8) is 0 Å². The maximum Gasteiger partial charge on any atom is 0.280 e. The van der Waals surface area contributed by atoms with Crippen LogP contribution in [-0.4, -0.2) is 37.9 Å². The zero-order valence-corrected chi connectivity index (χ0v) is 11.5. The first-order chi connectivity index (χ1) is 9.24. The van der Waals surface area contributed by atoms with Gasteiger partial charge in [-0.25, -0.2) is 9.36 Å². The fourth-order valence-electron chi connectivity index (χ4n) is 1.94. The summed E-state index contributed by atoms with van der Waals surface area (Å²) in [6, 6.07) is 0. The van der Waals surface area contributed by atoms with E-state index in [1.807, 2.05) is 0 Å². The van der Waals surface area contributed by atoms with Gasteiger partial charge in [0.05, 0.1) is 6.20 Å². The molecular weight excluding hydrogens is 244 g/mol. The van der Waals surface area contributed by atoms with E-state index in [4.69, 9.17) is 0 Å². The molecule has 0 aliphatic carbocycles. The molecule has 0 bridgehead atoms. The molecule has 0 saturated carbocycles. The summed E-state index contributed by atoms with van der Waals surface area (Å²) in [5.41, 5.74) is 0.422. The van der Waals surface area contributed by atoms with Crippen molar-refractivity contribution in [1.82, 2.24) is 30.1 Å². The van der Waals surface area contributed by atoms with Crippen LogP contribution in [0.1, 0.15) is 26.2 Å². The minimum absolute atomic E-state index is 0.111. The number of hydrogen-bond acceptors (Lipinski definition) is 5. The summed E-state index contributed by atoms with van der Waals surface area (Å²) in [4.78, 5) is 12.1. The van der Waals surface area contributed by atoms with Crippen LogP contribution < -0.4 is 10.9 Å². The van der Waals surface area contributed by atoms with Crippen LogP contribution in [0.3, 0.4) is 0 Å². The summed E-state index contributed by atoms with van der Waals surface area (Å²) in [6.07, 6.45) is 4.63. The van der Waals surface area contributed by atoms with Crippen molar-refractivity contribution in [3.8, 4) is 0 Å². The molecule has 0 spiro atoms. The van der Waals surface area contributed by atoms with Crippen LogP contribution in [0.5, 0.6) is 0 Å². The molecule has 0 radical (unpaired) electrons. The van der Waals surface area contributed by atoms with E-state index in [-0.39, 0.29) is 5.56 Å². The Kier molecular flexibility index (Phi) is 4.62. The van der Waals surface area contributed by atoms with Crippen molar-refractivity contribution < 1.29 is 0 Å². The monoisotopic (exact) mass is 264 g/mol. The molecule has 2 heterocycles. The number of rotatable bonds is 7. The molecule has 2 rings (SSSR count). The lowest BCUT2D eigenvalue weighted by Crippen LogP contribution is -2.25. The van der Waals surface area contributed by atoms with Gasteiger partial charge in [0.15, 0.2) is 5.65 Å². The molecule has 19 heavy (non-hydrogen) atoms. The van der Waals surface area contributed by atoms with Gasteiger partial charge in [-0.1, -0.05) is 12.1 Å². The number of hydrogen-bond donors (Lipinski definition) is 1. The predicted molar refractivity (Wildman–Crippen MR) is 73.0 cm³/mol. The van der Waals surface area contributed by atoms with E-state index < -0.39 is 0 Å². The second kappa shape index (κ2) is 6.42. The normalized spacial score (nSPS) is 11.3. The third kappa shape index (κ3) is 3.17. The highest BCUT2D eigenvalue weighted by Crippen LogP contribution is 2.02. The van der Waals surface area contributed by atoms with Gasteiger partial charge < -0.3 is 5.32 Å². The van der Waals surface area contributed by atoms with E-state index in [2.05, 4.69) is 27.7 Å². The van der Waals surface area contributed by atoms with Crippen LogP contribution in [0.15, 0.2) is 11.0 Å². The molecule has 0 atom stereocenters. The smallest absolute Gasteiger partial charge is 0.280 e. The van der Waals surface area contributed by atoms with Crippen LogP contribution in [0.4, 0.5) is 0 Å². The second-order valence-corrected chi connectivity index (χ2v) is 4.58. The average molecular weight is 264 g/mol. The summed E-state index contributed by atoms with van der Waals surface area (Å²) in [6.45, 7) is 4.77. The van der Waals surface area contributed by atoms with Gasteiger partial charge in [0.25, 0.3) is 5.56 Å². The third-order valence-electron chi connectivity index (χ3n) is 3.02. The van der Waals surface area contributed by atoms with Crippen molar-refractivity contribution >= 4 is 11.0 Å². The summed E-state index contributed by atoms with van der Waals surface area (Å²) in [5, 5.41) is 15.9. The largest absolute Gasteiger partial charge is 0.317 e. The van der Waals surface area contributed by atoms with E-state index in [0.717, 1.165) is 32.4 Å².